The van der Waals surface area contributed by atoms with Crippen LogP contribution in [0.25, 0.3) is 0 Å². The lowest BCUT2D eigenvalue weighted by Crippen LogP contribution is -2.42. The van der Waals surface area contributed by atoms with Crippen molar-refractivity contribution >= 4 is 15.9 Å². The summed E-state index contributed by atoms with van der Waals surface area (Å²) in [5, 5.41) is 3.08. The molecular weight excluding hydrogens is 537 g/mol. The molecule has 0 aromatic heterocycles. The normalized spacial score (nSPS) is 22.7. The summed E-state index contributed by atoms with van der Waals surface area (Å²) < 4.78 is 57.7. The molecule has 1 saturated heterocycles. The summed E-state index contributed by atoms with van der Waals surface area (Å²) >= 11 is 0. The van der Waals surface area contributed by atoms with E-state index < -0.39 is 10.0 Å². The van der Waals surface area contributed by atoms with E-state index in [0.29, 0.717) is 30.4 Å². The van der Waals surface area contributed by atoms with Crippen LogP contribution in [0.4, 0.5) is 4.39 Å². The summed E-state index contributed by atoms with van der Waals surface area (Å²) in [7, 11) is 3.25. The Kier molecular flexibility index (Phi) is 10.0. The molecule has 2 aromatic rings. The van der Waals surface area contributed by atoms with Crippen LogP contribution in [0.5, 0.6) is 11.5 Å². The number of carbonyl (C=O) groups excluding carboxylic acids is 1. The van der Waals surface area contributed by atoms with Gasteiger partial charge in [-0.15, -0.1) is 0 Å². The van der Waals surface area contributed by atoms with E-state index in [9.17, 15) is 17.6 Å². The SMILES string of the molecule is COc1ccc(S(=O)(=O)N2CCC(OCC(=O)NC3CCC(C(c4cccc(F)c4)N(C)C)CC3)C2)cc1OC. The number of rotatable bonds is 11. The Labute approximate surface area is 236 Å². The topological polar surface area (TPSA) is 97.4 Å². The number of hydrogen-bond donors (Lipinski definition) is 1. The summed E-state index contributed by atoms with van der Waals surface area (Å²) in [5.41, 5.74) is 0.977. The predicted octanol–water partition coefficient (Wildman–Crippen LogP) is 3.60. The Morgan fingerprint density at radius 2 is 1.77 bits per heavy atom. The van der Waals surface area contributed by atoms with E-state index in [1.807, 2.05) is 20.2 Å². The maximum absolute atomic E-state index is 13.8. The molecular formula is C29H40FN3O6S. The standard InChI is InChI=1S/C29H40FN3O6S/c1-32(2)29(21-6-5-7-22(30)16-21)20-8-10-23(11-9-20)31-28(34)19-39-24-14-15-33(18-24)40(35,36)25-12-13-26(37-3)27(17-25)38-4/h5-7,12-13,16-17,20,23-24,29H,8-11,14-15,18-19H2,1-4H3,(H,31,34). The van der Waals surface area contributed by atoms with Crippen molar-refractivity contribution < 1.29 is 31.8 Å². The summed E-state index contributed by atoms with van der Waals surface area (Å²) in [6, 6.07) is 11.5. The number of nitrogens with zero attached hydrogens (tertiary/aromatic N) is 2. The first-order valence-electron chi connectivity index (χ1n) is 13.7. The molecule has 40 heavy (non-hydrogen) atoms. The van der Waals surface area contributed by atoms with E-state index in [-0.39, 0.29) is 48.0 Å². The molecule has 220 valence electrons. The fourth-order valence-electron chi connectivity index (χ4n) is 5.90. The van der Waals surface area contributed by atoms with Gasteiger partial charge in [-0.05, 0) is 81.9 Å². The number of ether oxygens (including phenoxy) is 3. The zero-order valence-electron chi connectivity index (χ0n) is 23.6. The molecule has 0 radical (unpaired) electrons. The average Bonchev–Trinajstić information content (AvgIpc) is 3.42. The lowest BCUT2D eigenvalue weighted by Gasteiger charge is -2.37. The molecule has 1 amide bonds. The van der Waals surface area contributed by atoms with Crippen LogP contribution in [0.1, 0.15) is 43.7 Å². The molecule has 2 atom stereocenters. The second-order valence-corrected chi connectivity index (χ2v) is 12.7. The summed E-state index contributed by atoms with van der Waals surface area (Å²) in [5.74, 6) is 0.742. The van der Waals surface area contributed by atoms with Crippen molar-refractivity contribution in [3.8, 4) is 11.5 Å². The predicted molar refractivity (Wildman–Crippen MR) is 149 cm³/mol. The minimum atomic E-state index is -3.74. The molecule has 2 aliphatic rings. The second kappa shape index (κ2) is 13.3. The Morgan fingerprint density at radius 1 is 1.05 bits per heavy atom. The van der Waals surface area contributed by atoms with Crippen molar-refractivity contribution in [1.29, 1.82) is 0 Å². The quantitative estimate of drug-likeness (QED) is 0.436. The first-order chi connectivity index (χ1) is 19.1. The molecule has 11 heteroatoms. The van der Waals surface area contributed by atoms with Crippen molar-refractivity contribution in [2.45, 2.75) is 55.2 Å². The Bertz CT molecular complexity index is 1270. The van der Waals surface area contributed by atoms with Crippen molar-refractivity contribution in [3.63, 3.8) is 0 Å². The molecule has 2 unspecified atom stereocenters. The number of carbonyl (C=O) groups is 1. The van der Waals surface area contributed by atoms with Gasteiger partial charge in [0.25, 0.3) is 0 Å². The summed E-state index contributed by atoms with van der Waals surface area (Å²) in [6.07, 6.45) is 3.70. The zero-order chi connectivity index (χ0) is 28.9. The van der Waals surface area contributed by atoms with Gasteiger partial charge >= 0.3 is 0 Å². The minimum absolute atomic E-state index is 0.0631. The van der Waals surface area contributed by atoms with Gasteiger partial charge in [-0.2, -0.15) is 4.31 Å². The molecule has 1 N–H and O–H groups in total. The first kappa shape index (κ1) is 30.2. The van der Waals surface area contributed by atoms with Gasteiger partial charge in [0.2, 0.25) is 15.9 Å². The highest BCUT2D eigenvalue weighted by Gasteiger charge is 2.34. The van der Waals surface area contributed by atoms with Crippen molar-refractivity contribution in [1.82, 2.24) is 14.5 Å². The Hall–Kier alpha value is -2.73. The number of hydrogen-bond acceptors (Lipinski definition) is 7. The number of nitrogens with one attached hydrogen (secondary N) is 1. The van der Waals surface area contributed by atoms with Crippen LogP contribution in [-0.2, 0) is 19.6 Å². The summed E-state index contributed by atoms with van der Waals surface area (Å²) in [6.45, 7) is 0.380. The van der Waals surface area contributed by atoms with E-state index in [1.165, 1.54) is 36.7 Å². The zero-order valence-corrected chi connectivity index (χ0v) is 24.5. The molecule has 0 bridgehead atoms. The number of methoxy groups -OCH3 is 2. The molecule has 1 aliphatic heterocycles. The van der Waals surface area contributed by atoms with Crippen molar-refractivity contribution in [2.75, 3.05) is 48.0 Å². The highest BCUT2D eigenvalue weighted by Crippen LogP contribution is 2.37. The molecule has 2 aromatic carbocycles. The largest absolute Gasteiger partial charge is 0.493 e. The van der Waals surface area contributed by atoms with E-state index >= 15 is 0 Å². The number of benzene rings is 2. The van der Waals surface area contributed by atoms with Gasteiger partial charge in [0, 0.05) is 31.2 Å². The van der Waals surface area contributed by atoms with Crippen LogP contribution < -0.4 is 14.8 Å². The molecule has 4 rings (SSSR count). The third kappa shape index (κ3) is 7.12. The average molecular weight is 578 g/mol. The molecule has 1 aliphatic carbocycles. The van der Waals surface area contributed by atoms with Crippen LogP contribution >= 0.6 is 0 Å². The third-order valence-corrected chi connectivity index (χ3v) is 9.74. The maximum atomic E-state index is 13.8. The lowest BCUT2D eigenvalue weighted by atomic mass is 9.78. The van der Waals surface area contributed by atoms with Crippen LogP contribution in [0.2, 0.25) is 0 Å². The molecule has 2 fully saturated rings. The fourth-order valence-corrected chi connectivity index (χ4v) is 7.41. The van der Waals surface area contributed by atoms with Gasteiger partial charge < -0.3 is 24.4 Å². The van der Waals surface area contributed by atoms with E-state index in [0.717, 1.165) is 31.2 Å². The first-order valence-corrected chi connectivity index (χ1v) is 15.1. The summed E-state index contributed by atoms with van der Waals surface area (Å²) in [4.78, 5) is 14.9. The highest BCUT2D eigenvalue weighted by molar-refractivity contribution is 7.89. The van der Waals surface area contributed by atoms with E-state index in [4.69, 9.17) is 14.2 Å². The van der Waals surface area contributed by atoms with Gasteiger partial charge in [-0.1, -0.05) is 12.1 Å². The van der Waals surface area contributed by atoms with Gasteiger partial charge in [-0.3, -0.25) is 4.79 Å². The third-order valence-electron chi connectivity index (χ3n) is 7.88. The monoisotopic (exact) mass is 577 g/mol. The smallest absolute Gasteiger partial charge is 0.246 e. The fraction of sp³-hybridized carbons (Fsp3) is 0.552. The number of amides is 1. The second-order valence-electron chi connectivity index (χ2n) is 10.7. The number of halogens is 1. The highest BCUT2D eigenvalue weighted by atomic mass is 32.2. The van der Waals surface area contributed by atoms with Gasteiger partial charge in [0.05, 0.1) is 25.2 Å². The number of sulfonamides is 1. The van der Waals surface area contributed by atoms with Gasteiger partial charge in [0.1, 0.15) is 12.4 Å². The molecule has 9 nitrogen and oxygen atoms in total. The van der Waals surface area contributed by atoms with Crippen molar-refractivity contribution in [2.24, 2.45) is 5.92 Å². The van der Waals surface area contributed by atoms with E-state index in [2.05, 4.69) is 10.2 Å². The Morgan fingerprint density at radius 3 is 2.42 bits per heavy atom. The Balaban J connectivity index is 1.23. The van der Waals surface area contributed by atoms with Crippen molar-refractivity contribution in [3.05, 3.63) is 53.8 Å². The molecule has 0 spiro atoms. The van der Waals surface area contributed by atoms with Gasteiger partial charge in [-0.25, -0.2) is 12.8 Å². The molecule has 1 heterocycles. The maximum Gasteiger partial charge on any atom is 0.246 e. The van der Waals surface area contributed by atoms with E-state index in [1.54, 1.807) is 18.2 Å². The molecule has 1 saturated carbocycles. The van der Waals surface area contributed by atoms with Gasteiger partial charge in [0.15, 0.2) is 11.5 Å². The van der Waals surface area contributed by atoms with Crippen LogP contribution in [-0.4, -0.2) is 83.7 Å². The minimum Gasteiger partial charge on any atom is -0.493 e. The van der Waals surface area contributed by atoms with Crippen LogP contribution in [0.15, 0.2) is 47.4 Å². The lowest BCUT2D eigenvalue weighted by molar-refractivity contribution is -0.128. The van der Waals surface area contributed by atoms with Crippen LogP contribution in [0.3, 0.4) is 0 Å². The van der Waals surface area contributed by atoms with Crippen LogP contribution in [0, 0.1) is 11.7 Å².